The summed E-state index contributed by atoms with van der Waals surface area (Å²) >= 11 is 0. The molecule has 0 saturated carbocycles. The lowest BCUT2D eigenvalue weighted by atomic mass is 9.97. The predicted octanol–water partition coefficient (Wildman–Crippen LogP) is 2.25. The number of fused-ring (bicyclic) bond motifs is 2. The van der Waals surface area contributed by atoms with Gasteiger partial charge in [0.2, 0.25) is 6.41 Å². The number of hydrogen-bond donors (Lipinski definition) is 2. The van der Waals surface area contributed by atoms with E-state index >= 15 is 0 Å². The van der Waals surface area contributed by atoms with Crippen molar-refractivity contribution in [3.05, 3.63) is 58.7 Å². The van der Waals surface area contributed by atoms with Gasteiger partial charge in [-0.1, -0.05) is 36.4 Å². The highest BCUT2D eigenvalue weighted by molar-refractivity contribution is 5.67. The minimum Gasteiger partial charge on any atom is -0.355 e. The molecule has 2 aromatic rings. The maximum absolute atomic E-state index is 10.6. The van der Waals surface area contributed by atoms with E-state index in [1.807, 2.05) is 7.05 Å². The van der Waals surface area contributed by atoms with Crippen molar-refractivity contribution in [1.82, 2.24) is 10.6 Å². The van der Waals surface area contributed by atoms with Crippen LogP contribution in [0.3, 0.4) is 0 Å². The van der Waals surface area contributed by atoms with Crippen molar-refractivity contribution in [3.63, 3.8) is 0 Å². The van der Waals surface area contributed by atoms with E-state index in [-0.39, 0.29) is 6.04 Å². The van der Waals surface area contributed by atoms with Crippen LogP contribution in [0.5, 0.6) is 0 Å². The van der Waals surface area contributed by atoms with Gasteiger partial charge >= 0.3 is 0 Å². The SMILES string of the molecule is CNC1Cc2ccc(-c3ccc4c(c3)CC(NC=O)C4)cc2C1. The fourth-order valence-electron chi connectivity index (χ4n) is 4.01. The van der Waals surface area contributed by atoms with Crippen LogP contribution in [-0.2, 0) is 30.5 Å². The van der Waals surface area contributed by atoms with Crippen LogP contribution in [0, 0.1) is 0 Å². The van der Waals surface area contributed by atoms with Gasteiger partial charge in [0.15, 0.2) is 0 Å². The topological polar surface area (TPSA) is 41.1 Å². The Morgan fingerprint density at radius 2 is 1.35 bits per heavy atom. The highest BCUT2D eigenvalue weighted by Crippen LogP contribution is 2.31. The molecule has 1 amide bonds. The van der Waals surface area contributed by atoms with Gasteiger partial charge in [-0.3, -0.25) is 4.79 Å². The molecule has 0 bridgehead atoms. The summed E-state index contributed by atoms with van der Waals surface area (Å²) in [5, 5.41) is 6.29. The van der Waals surface area contributed by atoms with Crippen molar-refractivity contribution in [2.24, 2.45) is 0 Å². The van der Waals surface area contributed by atoms with Crippen LogP contribution >= 0.6 is 0 Å². The molecule has 2 aromatic carbocycles. The van der Waals surface area contributed by atoms with E-state index in [2.05, 4.69) is 47.0 Å². The summed E-state index contributed by atoms with van der Waals surface area (Å²) in [5.74, 6) is 0. The zero-order valence-electron chi connectivity index (χ0n) is 13.4. The largest absolute Gasteiger partial charge is 0.355 e. The summed E-state index contributed by atoms with van der Waals surface area (Å²) in [5.41, 5.74) is 8.27. The van der Waals surface area contributed by atoms with Crippen LogP contribution in [-0.4, -0.2) is 25.5 Å². The number of carbonyl (C=O) groups excluding carboxylic acids is 1. The van der Waals surface area contributed by atoms with Crippen molar-refractivity contribution in [2.45, 2.75) is 37.8 Å². The molecule has 4 rings (SSSR count). The number of hydrogen-bond acceptors (Lipinski definition) is 2. The lowest BCUT2D eigenvalue weighted by Crippen LogP contribution is -2.27. The lowest BCUT2D eigenvalue weighted by Gasteiger charge is -2.07. The van der Waals surface area contributed by atoms with E-state index in [0.29, 0.717) is 6.04 Å². The highest BCUT2D eigenvalue weighted by atomic mass is 16.1. The Bertz CT molecular complexity index is 753. The first-order chi connectivity index (χ1) is 11.3. The van der Waals surface area contributed by atoms with Crippen LogP contribution in [0.1, 0.15) is 22.3 Å². The smallest absolute Gasteiger partial charge is 0.207 e. The van der Waals surface area contributed by atoms with Gasteiger partial charge < -0.3 is 10.6 Å². The van der Waals surface area contributed by atoms with Crippen molar-refractivity contribution < 1.29 is 4.79 Å². The van der Waals surface area contributed by atoms with Gasteiger partial charge in [0.1, 0.15) is 0 Å². The monoisotopic (exact) mass is 306 g/mol. The molecule has 0 radical (unpaired) electrons. The van der Waals surface area contributed by atoms with Gasteiger partial charge in [-0.25, -0.2) is 0 Å². The van der Waals surface area contributed by atoms with E-state index in [4.69, 9.17) is 0 Å². The average Bonchev–Trinajstić information content (AvgIpc) is 3.16. The first-order valence-electron chi connectivity index (χ1n) is 8.38. The second kappa shape index (κ2) is 5.82. The van der Waals surface area contributed by atoms with Crippen molar-refractivity contribution in [2.75, 3.05) is 7.05 Å². The lowest BCUT2D eigenvalue weighted by molar-refractivity contribution is -0.110. The number of likely N-dealkylation sites (N-methyl/N-ethyl adjacent to an activating group) is 1. The fourth-order valence-corrected chi connectivity index (χ4v) is 4.01. The Hall–Kier alpha value is -2.13. The van der Waals surface area contributed by atoms with Crippen LogP contribution in [0.2, 0.25) is 0 Å². The molecule has 0 saturated heterocycles. The summed E-state index contributed by atoms with van der Waals surface area (Å²) in [4.78, 5) is 10.6. The van der Waals surface area contributed by atoms with Gasteiger partial charge in [0.05, 0.1) is 0 Å². The normalized spacial score (nSPS) is 21.8. The second-order valence-electron chi connectivity index (χ2n) is 6.75. The summed E-state index contributed by atoms with van der Waals surface area (Å²) in [6, 6.07) is 14.5. The molecule has 118 valence electrons. The molecule has 23 heavy (non-hydrogen) atoms. The Balaban J connectivity index is 1.61. The van der Waals surface area contributed by atoms with Crippen molar-refractivity contribution in [3.8, 4) is 11.1 Å². The first kappa shape index (κ1) is 14.5. The van der Waals surface area contributed by atoms with E-state index < -0.39 is 0 Å². The molecule has 2 aliphatic carbocycles. The maximum atomic E-state index is 10.6. The zero-order valence-corrected chi connectivity index (χ0v) is 13.4. The first-order valence-corrected chi connectivity index (χ1v) is 8.38. The molecule has 2 unspecified atom stereocenters. The Morgan fingerprint density at radius 1 is 0.826 bits per heavy atom. The molecule has 0 heterocycles. The number of rotatable bonds is 4. The van der Waals surface area contributed by atoms with Crippen molar-refractivity contribution in [1.29, 1.82) is 0 Å². The van der Waals surface area contributed by atoms with E-state index in [1.165, 1.54) is 33.4 Å². The second-order valence-corrected chi connectivity index (χ2v) is 6.75. The molecule has 3 heteroatoms. The molecule has 2 N–H and O–H groups in total. The van der Waals surface area contributed by atoms with Gasteiger partial charge in [0.25, 0.3) is 0 Å². The van der Waals surface area contributed by atoms with Crippen LogP contribution in [0.25, 0.3) is 11.1 Å². The Labute approximate surface area is 137 Å². The van der Waals surface area contributed by atoms with Crippen LogP contribution in [0.4, 0.5) is 0 Å². The minimum absolute atomic E-state index is 0.258. The van der Waals surface area contributed by atoms with Gasteiger partial charge in [-0.2, -0.15) is 0 Å². The fraction of sp³-hybridized carbons (Fsp3) is 0.350. The summed E-state index contributed by atoms with van der Waals surface area (Å²) < 4.78 is 0. The van der Waals surface area contributed by atoms with Gasteiger partial charge in [-0.15, -0.1) is 0 Å². The number of amides is 1. The molecule has 2 aliphatic rings. The third-order valence-electron chi connectivity index (χ3n) is 5.32. The average molecular weight is 306 g/mol. The van der Waals surface area contributed by atoms with E-state index in [1.54, 1.807) is 0 Å². The highest BCUT2D eigenvalue weighted by Gasteiger charge is 2.22. The number of carbonyl (C=O) groups is 1. The molecular formula is C20H22N2O. The van der Waals surface area contributed by atoms with Crippen LogP contribution in [0.15, 0.2) is 36.4 Å². The van der Waals surface area contributed by atoms with Gasteiger partial charge in [0, 0.05) is 12.1 Å². The minimum atomic E-state index is 0.258. The number of nitrogens with one attached hydrogen (secondary N) is 2. The summed E-state index contributed by atoms with van der Waals surface area (Å²) in [6.45, 7) is 0. The molecule has 0 fully saturated rings. The molecule has 0 aromatic heterocycles. The molecule has 0 aliphatic heterocycles. The number of benzene rings is 2. The Morgan fingerprint density at radius 3 is 1.91 bits per heavy atom. The summed E-state index contributed by atoms with van der Waals surface area (Å²) in [6.07, 6.45) is 4.96. The standard InChI is InChI=1S/C20H22N2O/c1-21-19-8-15-4-2-13(6-17(15)10-19)14-3-5-16-9-20(22-12-23)11-18(16)7-14/h2-7,12,19-21H,8-11H2,1H3,(H,22,23). The van der Waals surface area contributed by atoms with Crippen molar-refractivity contribution >= 4 is 6.41 Å². The van der Waals surface area contributed by atoms with E-state index in [0.717, 1.165) is 32.1 Å². The Kier molecular flexibility index (Phi) is 3.66. The molecule has 2 atom stereocenters. The summed E-state index contributed by atoms with van der Waals surface area (Å²) in [7, 11) is 2.04. The van der Waals surface area contributed by atoms with E-state index in [9.17, 15) is 4.79 Å². The van der Waals surface area contributed by atoms with Gasteiger partial charge in [-0.05, 0) is 66.1 Å². The molecular weight excluding hydrogens is 284 g/mol. The zero-order chi connectivity index (χ0) is 15.8. The predicted molar refractivity (Wildman–Crippen MR) is 92.5 cm³/mol. The van der Waals surface area contributed by atoms with Crippen LogP contribution < -0.4 is 10.6 Å². The quantitative estimate of drug-likeness (QED) is 0.851. The third-order valence-corrected chi connectivity index (χ3v) is 5.32. The third kappa shape index (κ3) is 2.66. The molecule has 0 spiro atoms. The maximum Gasteiger partial charge on any atom is 0.207 e. The molecule has 3 nitrogen and oxygen atoms in total.